The quantitative estimate of drug-likeness (QED) is 0.354. The van der Waals surface area contributed by atoms with Gasteiger partial charge in [0.25, 0.3) is 5.56 Å². The van der Waals surface area contributed by atoms with E-state index in [9.17, 15) is 18.4 Å². The van der Waals surface area contributed by atoms with Crippen molar-refractivity contribution in [3.8, 4) is 0 Å². The predicted molar refractivity (Wildman–Crippen MR) is 157 cm³/mol. The second-order valence-electron chi connectivity index (χ2n) is 10.7. The van der Waals surface area contributed by atoms with Crippen LogP contribution in [0.1, 0.15) is 34.0 Å². The van der Waals surface area contributed by atoms with E-state index in [1.165, 1.54) is 21.8 Å². The van der Waals surface area contributed by atoms with Crippen molar-refractivity contribution < 1.29 is 8.78 Å². The number of hydrogen-bond donors (Lipinski definition) is 1. The molecular formula is C32H35F2N5O2. The summed E-state index contributed by atoms with van der Waals surface area (Å²) in [5.74, 6) is -1.50. The van der Waals surface area contributed by atoms with Gasteiger partial charge in [0.05, 0.1) is 13.1 Å². The first kappa shape index (κ1) is 28.4. The standard InChI is InChI=1S/C32H35F2N5O2/c1-22-8-6-9-24(18-22)19-36-14-16-37(17-15-36)30-23(2)38(20-26-27(33)12-7-13-28(26)34)32(41)39(31(30)40)21-29(35)25-10-4-3-5-11-25/h3-13,18,29H,14-17,19-21,35H2,1-2H3/t29-/m0/s1. The zero-order chi connectivity index (χ0) is 29.1. The average molecular weight is 560 g/mol. The van der Waals surface area contributed by atoms with Crippen LogP contribution in [0.4, 0.5) is 14.5 Å². The molecule has 4 aromatic rings. The summed E-state index contributed by atoms with van der Waals surface area (Å²) in [5, 5.41) is 0. The first-order chi connectivity index (χ1) is 19.7. The van der Waals surface area contributed by atoms with Crippen LogP contribution in [0.3, 0.4) is 0 Å². The van der Waals surface area contributed by atoms with E-state index in [1.807, 2.05) is 35.2 Å². The highest BCUT2D eigenvalue weighted by molar-refractivity contribution is 5.50. The molecule has 0 radical (unpaired) electrons. The topological polar surface area (TPSA) is 76.5 Å². The molecule has 1 aromatic heterocycles. The summed E-state index contributed by atoms with van der Waals surface area (Å²) in [6.45, 7) is 6.70. The zero-order valence-corrected chi connectivity index (χ0v) is 23.4. The van der Waals surface area contributed by atoms with E-state index in [0.29, 0.717) is 24.5 Å². The van der Waals surface area contributed by atoms with Crippen LogP contribution in [0, 0.1) is 25.5 Å². The summed E-state index contributed by atoms with van der Waals surface area (Å²) in [5.41, 5.74) is 9.05. The predicted octanol–water partition coefficient (Wildman–Crippen LogP) is 3.98. The van der Waals surface area contributed by atoms with Crippen LogP contribution in [-0.4, -0.2) is 40.2 Å². The molecule has 3 aromatic carbocycles. The third-order valence-electron chi connectivity index (χ3n) is 7.82. The van der Waals surface area contributed by atoms with E-state index < -0.39 is 28.9 Å². The molecule has 0 unspecified atom stereocenters. The molecule has 7 nitrogen and oxygen atoms in total. The molecule has 1 saturated heterocycles. The van der Waals surface area contributed by atoms with Crippen molar-refractivity contribution in [1.29, 1.82) is 0 Å². The Kier molecular flexibility index (Phi) is 8.46. The van der Waals surface area contributed by atoms with Crippen molar-refractivity contribution in [2.24, 2.45) is 5.73 Å². The summed E-state index contributed by atoms with van der Waals surface area (Å²) in [4.78, 5) is 31.9. The van der Waals surface area contributed by atoms with Crippen molar-refractivity contribution in [1.82, 2.24) is 14.0 Å². The Labute approximate surface area is 238 Å². The lowest BCUT2D eigenvalue weighted by Crippen LogP contribution is -2.51. The first-order valence-electron chi connectivity index (χ1n) is 13.8. The highest BCUT2D eigenvalue weighted by atomic mass is 19.1. The lowest BCUT2D eigenvalue weighted by atomic mass is 10.1. The molecule has 0 spiro atoms. The SMILES string of the molecule is Cc1cccc(CN2CCN(c3c(C)n(Cc4c(F)cccc4F)c(=O)n(C[C@H](N)c4ccccc4)c3=O)CC2)c1. The van der Waals surface area contributed by atoms with Crippen LogP contribution in [0.15, 0.2) is 82.4 Å². The highest BCUT2D eigenvalue weighted by Gasteiger charge is 2.26. The van der Waals surface area contributed by atoms with Gasteiger partial charge >= 0.3 is 5.69 Å². The van der Waals surface area contributed by atoms with Gasteiger partial charge in [-0.05, 0) is 37.1 Å². The van der Waals surface area contributed by atoms with E-state index >= 15 is 0 Å². The Balaban J connectivity index is 1.50. The van der Waals surface area contributed by atoms with Gasteiger partial charge in [-0.3, -0.25) is 18.8 Å². The maximum absolute atomic E-state index is 14.7. The Bertz CT molecular complexity index is 1620. The van der Waals surface area contributed by atoms with Crippen molar-refractivity contribution in [3.63, 3.8) is 0 Å². The molecule has 1 fully saturated rings. The van der Waals surface area contributed by atoms with E-state index in [4.69, 9.17) is 5.73 Å². The highest BCUT2D eigenvalue weighted by Crippen LogP contribution is 2.21. The van der Waals surface area contributed by atoms with E-state index in [2.05, 4.69) is 36.1 Å². The van der Waals surface area contributed by atoms with Gasteiger partial charge < -0.3 is 10.6 Å². The van der Waals surface area contributed by atoms with Gasteiger partial charge in [-0.1, -0.05) is 66.2 Å². The number of hydrogen-bond acceptors (Lipinski definition) is 5. The van der Waals surface area contributed by atoms with Crippen LogP contribution in [0.25, 0.3) is 0 Å². The van der Waals surface area contributed by atoms with Gasteiger partial charge in [0, 0.05) is 50.0 Å². The molecule has 1 aliphatic rings. The van der Waals surface area contributed by atoms with Crippen molar-refractivity contribution >= 4 is 5.69 Å². The Hall–Kier alpha value is -4.08. The number of piperazine rings is 1. The maximum Gasteiger partial charge on any atom is 0.331 e. The molecule has 0 saturated carbocycles. The lowest BCUT2D eigenvalue weighted by Gasteiger charge is -2.37. The molecule has 2 N–H and O–H groups in total. The molecule has 1 aliphatic heterocycles. The van der Waals surface area contributed by atoms with E-state index in [0.717, 1.165) is 41.9 Å². The van der Waals surface area contributed by atoms with Gasteiger partial charge in [-0.15, -0.1) is 0 Å². The molecule has 5 rings (SSSR count). The van der Waals surface area contributed by atoms with Crippen LogP contribution in [-0.2, 0) is 19.6 Å². The number of rotatable bonds is 8. The fourth-order valence-corrected chi connectivity index (χ4v) is 5.54. The molecule has 1 atom stereocenters. The number of nitrogens with two attached hydrogens (primary N) is 1. The lowest BCUT2D eigenvalue weighted by molar-refractivity contribution is 0.249. The van der Waals surface area contributed by atoms with Crippen LogP contribution >= 0.6 is 0 Å². The molecule has 0 aliphatic carbocycles. The smallest absolute Gasteiger partial charge is 0.331 e. The Morgan fingerprint density at radius 3 is 2.12 bits per heavy atom. The maximum atomic E-state index is 14.7. The zero-order valence-electron chi connectivity index (χ0n) is 23.4. The second kappa shape index (κ2) is 12.2. The van der Waals surface area contributed by atoms with Crippen LogP contribution in [0.2, 0.25) is 0 Å². The van der Waals surface area contributed by atoms with Crippen LogP contribution in [0.5, 0.6) is 0 Å². The Morgan fingerprint density at radius 2 is 1.46 bits per heavy atom. The summed E-state index contributed by atoms with van der Waals surface area (Å²) in [6.07, 6.45) is 0. The van der Waals surface area contributed by atoms with Gasteiger partial charge in [-0.25, -0.2) is 13.6 Å². The fraction of sp³-hybridized carbons (Fsp3) is 0.312. The molecule has 0 bridgehead atoms. The number of aromatic nitrogens is 2. The van der Waals surface area contributed by atoms with Crippen molar-refractivity contribution in [3.05, 3.63) is 133 Å². The second-order valence-corrected chi connectivity index (χ2v) is 10.7. The molecular weight excluding hydrogens is 524 g/mol. The molecule has 2 heterocycles. The van der Waals surface area contributed by atoms with Gasteiger partial charge in [0.2, 0.25) is 0 Å². The number of halogens is 2. The number of nitrogens with zero attached hydrogens (tertiary/aromatic N) is 4. The molecule has 9 heteroatoms. The molecule has 0 amide bonds. The minimum Gasteiger partial charge on any atom is -0.363 e. The largest absolute Gasteiger partial charge is 0.363 e. The number of aryl methyl sites for hydroxylation is 1. The minimum atomic E-state index is -0.749. The number of anilines is 1. The number of benzene rings is 3. The van der Waals surface area contributed by atoms with Gasteiger partial charge in [0.15, 0.2) is 0 Å². The van der Waals surface area contributed by atoms with E-state index in [1.54, 1.807) is 6.92 Å². The van der Waals surface area contributed by atoms with Crippen LogP contribution < -0.4 is 21.9 Å². The fourth-order valence-electron chi connectivity index (χ4n) is 5.54. The minimum absolute atomic E-state index is 0.0674. The monoisotopic (exact) mass is 559 g/mol. The van der Waals surface area contributed by atoms with Gasteiger partial charge in [-0.2, -0.15) is 0 Å². The third-order valence-corrected chi connectivity index (χ3v) is 7.82. The third kappa shape index (κ3) is 6.16. The van der Waals surface area contributed by atoms with E-state index in [-0.39, 0.29) is 18.7 Å². The van der Waals surface area contributed by atoms with Gasteiger partial charge in [0.1, 0.15) is 17.3 Å². The first-order valence-corrected chi connectivity index (χ1v) is 13.8. The Morgan fingerprint density at radius 1 is 0.805 bits per heavy atom. The summed E-state index contributed by atoms with van der Waals surface area (Å²) < 4.78 is 31.7. The van der Waals surface area contributed by atoms with Crippen molar-refractivity contribution in [2.45, 2.75) is 39.5 Å². The molecule has 41 heavy (non-hydrogen) atoms. The summed E-state index contributed by atoms with van der Waals surface area (Å²) in [7, 11) is 0. The average Bonchev–Trinajstić information content (AvgIpc) is 2.96. The normalized spacial score (nSPS) is 14.8. The van der Waals surface area contributed by atoms with Crippen molar-refractivity contribution in [2.75, 3.05) is 31.1 Å². The summed E-state index contributed by atoms with van der Waals surface area (Å²) in [6, 6.07) is 20.6. The summed E-state index contributed by atoms with van der Waals surface area (Å²) >= 11 is 0. The molecule has 214 valence electrons.